The number of benzene rings is 1. The average molecular weight is 279 g/mol. The second kappa shape index (κ2) is 8.98. The smallest absolute Gasteiger partial charge is 0.119 e. The Labute approximate surface area is 123 Å². The first-order valence-corrected chi connectivity index (χ1v) is 7.64. The number of hydrogen-bond donors (Lipinski definition) is 1. The Kier molecular flexibility index (Phi) is 7.63. The van der Waals surface area contributed by atoms with Crippen molar-refractivity contribution in [2.24, 2.45) is 0 Å². The SMILES string of the molecule is CCCCCN(CC(O)c1cccc(OC)c1)C(C)C. The molecule has 1 rings (SSSR count). The molecule has 0 aromatic heterocycles. The van der Waals surface area contributed by atoms with E-state index in [0.717, 1.165) is 17.9 Å². The molecule has 114 valence electrons. The van der Waals surface area contributed by atoms with E-state index in [4.69, 9.17) is 4.74 Å². The van der Waals surface area contributed by atoms with Gasteiger partial charge in [0.25, 0.3) is 0 Å². The van der Waals surface area contributed by atoms with E-state index in [2.05, 4.69) is 25.7 Å². The van der Waals surface area contributed by atoms with E-state index in [1.54, 1.807) is 7.11 Å². The molecule has 1 atom stereocenters. The number of ether oxygens (including phenoxy) is 1. The van der Waals surface area contributed by atoms with E-state index in [1.807, 2.05) is 24.3 Å². The van der Waals surface area contributed by atoms with Crippen molar-refractivity contribution in [3.63, 3.8) is 0 Å². The van der Waals surface area contributed by atoms with Gasteiger partial charge in [0, 0.05) is 12.6 Å². The van der Waals surface area contributed by atoms with Crippen molar-refractivity contribution in [3.05, 3.63) is 29.8 Å². The Balaban J connectivity index is 2.62. The summed E-state index contributed by atoms with van der Waals surface area (Å²) in [6.45, 7) is 8.31. The lowest BCUT2D eigenvalue weighted by Crippen LogP contribution is -2.35. The van der Waals surface area contributed by atoms with Crippen molar-refractivity contribution >= 4 is 0 Å². The van der Waals surface area contributed by atoms with Gasteiger partial charge >= 0.3 is 0 Å². The molecule has 0 amide bonds. The first kappa shape index (κ1) is 17.0. The van der Waals surface area contributed by atoms with E-state index in [0.29, 0.717) is 12.6 Å². The molecule has 0 radical (unpaired) electrons. The highest BCUT2D eigenvalue weighted by Crippen LogP contribution is 2.20. The van der Waals surface area contributed by atoms with Crippen molar-refractivity contribution in [2.75, 3.05) is 20.2 Å². The molecule has 0 heterocycles. The minimum atomic E-state index is -0.464. The fourth-order valence-corrected chi connectivity index (χ4v) is 2.30. The number of hydrogen-bond acceptors (Lipinski definition) is 3. The molecular formula is C17H29NO2. The number of rotatable bonds is 9. The lowest BCUT2D eigenvalue weighted by Gasteiger charge is -2.29. The molecule has 0 fully saturated rings. The summed E-state index contributed by atoms with van der Waals surface area (Å²) in [6.07, 6.45) is 3.21. The Hall–Kier alpha value is -1.06. The second-order valence-corrected chi connectivity index (χ2v) is 5.59. The molecular weight excluding hydrogens is 250 g/mol. The van der Waals surface area contributed by atoms with Gasteiger partial charge in [-0.3, -0.25) is 4.90 Å². The lowest BCUT2D eigenvalue weighted by atomic mass is 10.1. The summed E-state index contributed by atoms with van der Waals surface area (Å²) >= 11 is 0. The van der Waals surface area contributed by atoms with Crippen LogP contribution < -0.4 is 4.74 Å². The zero-order valence-electron chi connectivity index (χ0n) is 13.3. The first-order chi connectivity index (χ1) is 9.58. The van der Waals surface area contributed by atoms with Crippen molar-refractivity contribution in [2.45, 2.75) is 52.2 Å². The average Bonchev–Trinajstić information content (AvgIpc) is 2.46. The maximum Gasteiger partial charge on any atom is 0.119 e. The van der Waals surface area contributed by atoms with Crippen LogP contribution in [0.4, 0.5) is 0 Å². The Morgan fingerprint density at radius 1 is 1.25 bits per heavy atom. The minimum absolute atomic E-state index is 0.451. The molecule has 0 bridgehead atoms. The molecule has 0 aliphatic carbocycles. The highest BCUT2D eigenvalue weighted by atomic mass is 16.5. The van der Waals surface area contributed by atoms with Crippen LogP contribution in [0, 0.1) is 0 Å². The van der Waals surface area contributed by atoms with Crippen LogP contribution in [0.25, 0.3) is 0 Å². The van der Waals surface area contributed by atoms with Gasteiger partial charge in [-0.15, -0.1) is 0 Å². The van der Waals surface area contributed by atoms with Crippen molar-refractivity contribution in [3.8, 4) is 5.75 Å². The summed E-state index contributed by atoms with van der Waals surface area (Å²) in [7, 11) is 1.65. The predicted octanol–water partition coefficient (Wildman–Crippen LogP) is 3.63. The normalized spacial score (nSPS) is 12.9. The summed E-state index contributed by atoms with van der Waals surface area (Å²) in [6, 6.07) is 8.14. The van der Waals surface area contributed by atoms with Gasteiger partial charge in [0.1, 0.15) is 5.75 Å². The van der Waals surface area contributed by atoms with Gasteiger partial charge < -0.3 is 9.84 Å². The van der Waals surface area contributed by atoms with Gasteiger partial charge in [0.05, 0.1) is 13.2 Å². The molecule has 3 nitrogen and oxygen atoms in total. The van der Waals surface area contributed by atoms with Crippen LogP contribution in [-0.4, -0.2) is 36.2 Å². The highest BCUT2D eigenvalue weighted by molar-refractivity contribution is 5.29. The third kappa shape index (κ3) is 5.51. The van der Waals surface area contributed by atoms with Crippen LogP contribution in [0.1, 0.15) is 51.7 Å². The van der Waals surface area contributed by atoms with Gasteiger partial charge in [0.15, 0.2) is 0 Å². The maximum atomic E-state index is 10.4. The van der Waals surface area contributed by atoms with Crippen molar-refractivity contribution in [1.82, 2.24) is 4.90 Å². The van der Waals surface area contributed by atoms with Gasteiger partial charge in [-0.1, -0.05) is 31.9 Å². The summed E-state index contributed by atoms with van der Waals surface area (Å²) in [4.78, 5) is 2.35. The van der Waals surface area contributed by atoms with E-state index in [9.17, 15) is 5.11 Å². The van der Waals surface area contributed by atoms with Gasteiger partial charge in [-0.25, -0.2) is 0 Å². The zero-order valence-corrected chi connectivity index (χ0v) is 13.3. The molecule has 0 aliphatic heterocycles. The molecule has 0 aliphatic rings. The van der Waals surface area contributed by atoms with Gasteiger partial charge in [-0.2, -0.15) is 0 Å². The Morgan fingerprint density at radius 3 is 2.60 bits per heavy atom. The minimum Gasteiger partial charge on any atom is -0.497 e. The van der Waals surface area contributed by atoms with Crippen LogP contribution in [-0.2, 0) is 0 Å². The fourth-order valence-electron chi connectivity index (χ4n) is 2.30. The number of nitrogens with zero attached hydrogens (tertiary/aromatic N) is 1. The molecule has 3 heteroatoms. The number of methoxy groups -OCH3 is 1. The molecule has 1 aromatic carbocycles. The van der Waals surface area contributed by atoms with Crippen molar-refractivity contribution in [1.29, 1.82) is 0 Å². The van der Waals surface area contributed by atoms with Crippen molar-refractivity contribution < 1.29 is 9.84 Å². The lowest BCUT2D eigenvalue weighted by molar-refractivity contribution is 0.0941. The Morgan fingerprint density at radius 2 is 2.00 bits per heavy atom. The number of unbranched alkanes of at least 4 members (excludes halogenated alkanes) is 2. The van der Waals surface area contributed by atoms with Crippen LogP contribution in [0.15, 0.2) is 24.3 Å². The van der Waals surface area contributed by atoms with E-state index in [-0.39, 0.29) is 0 Å². The van der Waals surface area contributed by atoms with Crippen LogP contribution in [0.2, 0.25) is 0 Å². The van der Waals surface area contributed by atoms with Crippen LogP contribution in [0.5, 0.6) is 5.75 Å². The van der Waals surface area contributed by atoms with Crippen LogP contribution in [0.3, 0.4) is 0 Å². The molecule has 20 heavy (non-hydrogen) atoms. The van der Waals surface area contributed by atoms with Crippen LogP contribution >= 0.6 is 0 Å². The van der Waals surface area contributed by atoms with E-state index in [1.165, 1.54) is 19.3 Å². The molecule has 0 saturated heterocycles. The third-order valence-corrected chi connectivity index (χ3v) is 3.67. The summed E-state index contributed by atoms with van der Waals surface area (Å²) < 4.78 is 5.21. The van der Waals surface area contributed by atoms with Gasteiger partial charge in [0.2, 0.25) is 0 Å². The third-order valence-electron chi connectivity index (χ3n) is 3.67. The predicted molar refractivity (Wildman–Crippen MR) is 84.2 cm³/mol. The standard InChI is InChI=1S/C17H29NO2/c1-5-6-7-11-18(14(2)3)13-17(19)15-9-8-10-16(12-15)20-4/h8-10,12,14,17,19H,5-7,11,13H2,1-4H3. The molecule has 1 N–H and O–H groups in total. The summed E-state index contributed by atoms with van der Waals surface area (Å²) in [5.74, 6) is 0.795. The molecule has 1 aromatic rings. The molecule has 1 unspecified atom stereocenters. The van der Waals surface area contributed by atoms with E-state index >= 15 is 0 Å². The summed E-state index contributed by atoms with van der Waals surface area (Å²) in [5.41, 5.74) is 0.922. The largest absolute Gasteiger partial charge is 0.497 e. The van der Waals surface area contributed by atoms with E-state index < -0.39 is 6.10 Å². The summed E-state index contributed by atoms with van der Waals surface area (Å²) in [5, 5.41) is 10.4. The number of aliphatic hydroxyl groups is 1. The zero-order chi connectivity index (χ0) is 15.0. The maximum absolute atomic E-state index is 10.4. The van der Waals surface area contributed by atoms with Gasteiger partial charge in [-0.05, 0) is 44.5 Å². The monoisotopic (exact) mass is 279 g/mol. The topological polar surface area (TPSA) is 32.7 Å². The fraction of sp³-hybridized carbons (Fsp3) is 0.647. The first-order valence-electron chi connectivity index (χ1n) is 7.64. The quantitative estimate of drug-likeness (QED) is 0.701. The molecule has 0 spiro atoms. The Bertz CT molecular complexity index is 379. The molecule has 0 saturated carbocycles. The number of aliphatic hydroxyl groups excluding tert-OH is 1. The second-order valence-electron chi connectivity index (χ2n) is 5.59. The highest BCUT2D eigenvalue weighted by Gasteiger charge is 2.16.